The molecule has 3 rings (SSSR count). The molecule has 0 spiro atoms. The molecule has 0 aliphatic carbocycles. The topological polar surface area (TPSA) is 37.9 Å². The van der Waals surface area contributed by atoms with E-state index in [-0.39, 0.29) is 0 Å². The molecule has 4 heteroatoms. The summed E-state index contributed by atoms with van der Waals surface area (Å²) >= 11 is 1.68. The molecule has 25 heavy (non-hydrogen) atoms. The largest absolute Gasteiger partial charge is 0.493 e. The summed E-state index contributed by atoms with van der Waals surface area (Å²) in [5, 5.41) is 2.14. The Balaban J connectivity index is 1.93. The number of aromatic amines is 1. The van der Waals surface area contributed by atoms with Gasteiger partial charge in [-0.1, -0.05) is 61.5 Å². The standard InChI is InChI=1S/C21H22N2OS/c1-2-3-15-24-20-12-8-7-11-18(20)19(21-22-13-14-23-21)16-25-17-9-5-4-6-10-17/h4-14,16H,2-3,15H2,1H3,(H,22,23). The minimum absolute atomic E-state index is 0.727. The third-order valence-corrected chi connectivity index (χ3v) is 4.64. The summed E-state index contributed by atoms with van der Waals surface area (Å²) < 4.78 is 6.02. The normalized spacial score (nSPS) is 11.5. The van der Waals surface area contributed by atoms with Crippen molar-refractivity contribution in [1.29, 1.82) is 0 Å². The van der Waals surface area contributed by atoms with E-state index in [1.165, 1.54) is 4.90 Å². The highest BCUT2D eigenvalue weighted by atomic mass is 32.2. The van der Waals surface area contributed by atoms with Gasteiger partial charge in [0.25, 0.3) is 0 Å². The number of nitrogens with zero attached hydrogens (tertiary/aromatic N) is 1. The zero-order valence-corrected chi connectivity index (χ0v) is 15.1. The Bertz CT molecular complexity index is 798. The predicted molar refractivity (Wildman–Crippen MR) is 105 cm³/mol. The van der Waals surface area contributed by atoms with Crippen LogP contribution in [0.5, 0.6) is 5.75 Å². The number of unbranched alkanes of at least 4 members (excludes halogenated alkanes) is 1. The van der Waals surface area contributed by atoms with Gasteiger partial charge >= 0.3 is 0 Å². The molecule has 0 unspecified atom stereocenters. The van der Waals surface area contributed by atoms with Crippen LogP contribution in [0, 0.1) is 0 Å². The minimum Gasteiger partial charge on any atom is -0.493 e. The minimum atomic E-state index is 0.727. The van der Waals surface area contributed by atoms with E-state index in [2.05, 4.69) is 40.5 Å². The van der Waals surface area contributed by atoms with Crippen LogP contribution in [0.2, 0.25) is 0 Å². The van der Waals surface area contributed by atoms with Crippen LogP contribution in [0.3, 0.4) is 0 Å². The van der Waals surface area contributed by atoms with E-state index < -0.39 is 0 Å². The summed E-state index contributed by atoms with van der Waals surface area (Å²) in [5.74, 6) is 1.74. The van der Waals surface area contributed by atoms with Crippen molar-refractivity contribution in [2.24, 2.45) is 0 Å². The van der Waals surface area contributed by atoms with E-state index >= 15 is 0 Å². The Kier molecular flexibility index (Phi) is 6.35. The maximum absolute atomic E-state index is 6.02. The monoisotopic (exact) mass is 350 g/mol. The van der Waals surface area contributed by atoms with Gasteiger partial charge in [-0.3, -0.25) is 0 Å². The van der Waals surface area contributed by atoms with Crippen molar-refractivity contribution < 1.29 is 4.74 Å². The van der Waals surface area contributed by atoms with Crippen molar-refractivity contribution in [2.45, 2.75) is 24.7 Å². The first-order chi connectivity index (χ1) is 12.4. The number of ether oxygens (including phenoxy) is 1. The molecule has 2 aromatic carbocycles. The van der Waals surface area contributed by atoms with Gasteiger partial charge in [-0.25, -0.2) is 4.98 Å². The highest BCUT2D eigenvalue weighted by Gasteiger charge is 2.13. The summed E-state index contributed by atoms with van der Waals surface area (Å²) in [5.41, 5.74) is 2.09. The lowest BCUT2D eigenvalue weighted by Crippen LogP contribution is -2.00. The highest BCUT2D eigenvalue weighted by molar-refractivity contribution is 8.02. The molecule has 1 aromatic heterocycles. The summed E-state index contributed by atoms with van der Waals surface area (Å²) in [7, 11) is 0. The Labute approximate surface area is 153 Å². The van der Waals surface area contributed by atoms with Crippen LogP contribution in [0.1, 0.15) is 31.2 Å². The number of para-hydroxylation sites is 1. The van der Waals surface area contributed by atoms with Gasteiger partial charge in [0.1, 0.15) is 11.6 Å². The summed E-state index contributed by atoms with van der Waals surface area (Å²) in [6, 6.07) is 18.5. The third-order valence-electron chi connectivity index (χ3n) is 3.74. The average molecular weight is 350 g/mol. The average Bonchev–Trinajstić information content (AvgIpc) is 3.19. The lowest BCUT2D eigenvalue weighted by Gasteiger charge is -2.13. The van der Waals surface area contributed by atoms with E-state index in [1.54, 1.807) is 18.0 Å². The molecule has 0 amide bonds. The quantitative estimate of drug-likeness (QED) is 0.414. The molecule has 0 atom stereocenters. The van der Waals surface area contributed by atoms with Gasteiger partial charge in [0.05, 0.1) is 6.61 Å². The van der Waals surface area contributed by atoms with Gasteiger partial charge in [-0.05, 0) is 30.0 Å². The molecule has 1 N–H and O–H groups in total. The van der Waals surface area contributed by atoms with E-state index in [9.17, 15) is 0 Å². The van der Waals surface area contributed by atoms with Crippen LogP contribution in [-0.4, -0.2) is 16.6 Å². The lowest BCUT2D eigenvalue weighted by atomic mass is 10.1. The summed E-state index contributed by atoms with van der Waals surface area (Å²) in [4.78, 5) is 8.86. The zero-order valence-electron chi connectivity index (χ0n) is 14.3. The van der Waals surface area contributed by atoms with E-state index in [1.807, 2.05) is 42.6 Å². The van der Waals surface area contributed by atoms with Crippen LogP contribution >= 0.6 is 11.8 Å². The first-order valence-corrected chi connectivity index (χ1v) is 9.40. The number of hydrogen-bond donors (Lipinski definition) is 1. The fourth-order valence-electron chi connectivity index (χ4n) is 2.43. The van der Waals surface area contributed by atoms with Gasteiger partial charge in [0.2, 0.25) is 0 Å². The number of nitrogens with one attached hydrogen (secondary N) is 1. The second-order valence-electron chi connectivity index (χ2n) is 5.60. The van der Waals surface area contributed by atoms with Crippen LogP contribution in [0.25, 0.3) is 5.57 Å². The number of rotatable bonds is 8. The van der Waals surface area contributed by atoms with Crippen LogP contribution in [0.15, 0.2) is 77.3 Å². The van der Waals surface area contributed by atoms with Crippen LogP contribution in [-0.2, 0) is 0 Å². The molecular formula is C21H22N2OS. The Hall–Kier alpha value is -2.46. The number of aromatic nitrogens is 2. The van der Waals surface area contributed by atoms with E-state index in [0.29, 0.717) is 0 Å². The fraction of sp³-hybridized carbons (Fsp3) is 0.190. The van der Waals surface area contributed by atoms with Crippen molar-refractivity contribution in [2.75, 3.05) is 6.61 Å². The predicted octanol–water partition coefficient (Wildman–Crippen LogP) is 5.77. The SMILES string of the molecule is CCCCOc1ccccc1C(=CSc1ccccc1)c1ncc[nH]1. The molecule has 0 radical (unpaired) electrons. The summed E-state index contributed by atoms with van der Waals surface area (Å²) in [6.45, 7) is 2.89. The van der Waals surface area contributed by atoms with Gasteiger partial charge < -0.3 is 9.72 Å². The fourth-order valence-corrected chi connectivity index (χ4v) is 3.23. The van der Waals surface area contributed by atoms with Gasteiger partial charge in [0, 0.05) is 28.4 Å². The number of benzene rings is 2. The molecule has 3 nitrogen and oxygen atoms in total. The van der Waals surface area contributed by atoms with Crippen LogP contribution in [0.4, 0.5) is 0 Å². The van der Waals surface area contributed by atoms with Gasteiger partial charge in [-0.2, -0.15) is 0 Å². The molecule has 1 heterocycles. The number of thioether (sulfide) groups is 1. The maximum Gasteiger partial charge on any atom is 0.138 e. The number of hydrogen-bond acceptors (Lipinski definition) is 3. The molecule has 0 fully saturated rings. The molecule has 3 aromatic rings. The molecule has 0 saturated carbocycles. The smallest absolute Gasteiger partial charge is 0.138 e. The Morgan fingerprint density at radius 1 is 1.12 bits per heavy atom. The molecule has 0 saturated heterocycles. The Morgan fingerprint density at radius 2 is 1.92 bits per heavy atom. The van der Waals surface area contributed by atoms with E-state index in [4.69, 9.17) is 4.74 Å². The molecule has 0 aliphatic heterocycles. The molecular weight excluding hydrogens is 328 g/mol. The van der Waals surface area contributed by atoms with Crippen molar-refractivity contribution >= 4 is 17.3 Å². The molecule has 0 bridgehead atoms. The maximum atomic E-state index is 6.02. The summed E-state index contributed by atoms with van der Waals surface area (Å²) in [6.07, 6.45) is 5.79. The molecule has 128 valence electrons. The second-order valence-corrected chi connectivity index (χ2v) is 6.54. The Morgan fingerprint density at radius 3 is 2.68 bits per heavy atom. The first-order valence-electron chi connectivity index (χ1n) is 8.52. The lowest BCUT2D eigenvalue weighted by molar-refractivity contribution is 0.308. The number of H-pyrrole nitrogens is 1. The number of imidazole rings is 1. The van der Waals surface area contributed by atoms with Crippen LogP contribution < -0.4 is 4.74 Å². The van der Waals surface area contributed by atoms with E-state index in [0.717, 1.165) is 42.2 Å². The van der Waals surface area contributed by atoms with Crippen molar-refractivity contribution in [3.8, 4) is 5.75 Å². The second kappa shape index (κ2) is 9.14. The van der Waals surface area contributed by atoms with Gasteiger partial charge in [-0.15, -0.1) is 0 Å². The van der Waals surface area contributed by atoms with Crippen molar-refractivity contribution in [3.63, 3.8) is 0 Å². The molecule has 0 aliphatic rings. The highest BCUT2D eigenvalue weighted by Crippen LogP contribution is 2.33. The zero-order chi connectivity index (χ0) is 17.3. The van der Waals surface area contributed by atoms with Crippen molar-refractivity contribution in [3.05, 3.63) is 83.8 Å². The third kappa shape index (κ3) is 4.77. The first kappa shape index (κ1) is 17.4. The van der Waals surface area contributed by atoms with Crippen molar-refractivity contribution in [1.82, 2.24) is 9.97 Å². The van der Waals surface area contributed by atoms with Gasteiger partial charge in [0.15, 0.2) is 0 Å².